The van der Waals surface area contributed by atoms with Gasteiger partial charge in [-0.3, -0.25) is 19.4 Å². The van der Waals surface area contributed by atoms with Crippen LogP contribution >= 0.6 is 34.8 Å². The molecule has 2 amide bonds. The highest BCUT2D eigenvalue weighted by molar-refractivity contribution is 14.1. The Balaban J connectivity index is 2.52. The molecule has 1 aromatic rings. The van der Waals surface area contributed by atoms with E-state index in [1.165, 1.54) is 36.0 Å². The topological polar surface area (TPSA) is 60.9 Å². The van der Waals surface area contributed by atoms with Crippen molar-refractivity contribution in [3.05, 3.63) is 32.9 Å². The Morgan fingerprint density at radius 1 is 1.20 bits per heavy atom. The minimum absolute atomic E-state index is 0.0111. The molecule has 1 fully saturated rings. The normalized spacial score (nSPS) is 15.9. The number of rotatable bonds is 1. The minimum Gasteiger partial charge on any atom is -0.507 e. The molecule has 0 saturated carbocycles. The third-order valence-electron chi connectivity index (χ3n) is 2.93. The quantitative estimate of drug-likeness (QED) is 0.336. The molecule has 0 unspecified atom stereocenters. The van der Waals surface area contributed by atoms with E-state index in [-0.39, 0.29) is 16.4 Å². The van der Waals surface area contributed by atoms with E-state index in [0.717, 1.165) is 3.57 Å². The van der Waals surface area contributed by atoms with Crippen molar-refractivity contribution in [1.29, 1.82) is 0 Å². The highest BCUT2D eigenvalue weighted by Gasteiger charge is 2.35. The molecule has 20 heavy (non-hydrogen) atoms. The van der Waals surface area contributed by atoms with Crippen LogP contribution in [0.25, 0.3) is 6.08 Å². The summed E-state index contributed by atoms with van der Waals surface area (Å²) < 4.78 is 0.889. The van der Waals surface area contributed by atoms with E-state index in [0.29, 0.717) is 5.56 Å². The summed E-state index contributed by atoms with van der Waals surface area (Å²) in [6.45, 7) is 0. The third kappa shape index (κ3) is 2.55. The first kappa shape index (κ1) is 14.9. The van der Waals surface area contributed by atoms with Crippen LogP contribution in [0.3, 0.4) is 0 Å². The lowest BCUT2D eigenvalue weighted by atomic mass is 10.1. The maximum absolute atomic E-state index is 12.1. The van der Waals surface area contributed by atoms with Gasteiger partial charge in [0.1, 0.15) is 11.3 Å². The number of halogens is 1. The van der Waals surface area contributed by atoms with E-state index in [4.69, 9.17) is 12.2 Å². The highest BCUT2D eigenvalue weighted by Crippen LogP contribution is 2.25. The number of likely N-dealkylation sites (N-methyl/N-ethyl adjacent to an activating group) is 2. The minimum atomic E-state index is -0.476. The molecule has 5 nitrogen and oxygen atoms in total. The molecule has 1 aliphatic rings. The van der Waals surface area contributed by atoms with Crippen molar-refractivity contribution in [1.82, 2.24) is 9.80 Å². The van der Waals surface area contributed by atoms with Gasteiger partial charge in [0.2, 0.25) is 0 Å². The largest absolute Gasteiger partial charge is 0.507 e. The second-order valence-corrected chi connectivity index (χ2v) is 5.88. The number of hydrogen-bond acceptors (Lipinski definition) is 4. The summed E-state index contributed by atoms with van der Waals surface area (Å²) in [5.74, 6) is -0.940. The van der Waals surface area contributed by atoms with Gasteiger partial charge in [-0.15, -0.1) is 0 Å². The van der Waals surface area contributed by atoms with Gasteiger partial charge >= 0.3 is 0 Å². The number of carbonyl (C=O) groups excluding carboxylic acids is 2. The summed E-state index contributed by atoms with van der Waals surface area (Å²) >= 11 is 7.09. The number of phenolic OH excluding ortho intramolecular Hbond substituents is 1. The molecule has 1 aromatic carbocycles. The molecule has 1 heterocycles. The summed E-state index contributed by atoms with van der Waals surface area (Å²) in [5, 5.41) is 9.95. The Bertz CT molecular complexity index is 631. The molecule has 1 N–H and O–H groups in total. The maximum Gasteiger partial charge on any atom is 0.265 e. The second kappa shape index (κ2) is 5.49. The lowest BCUT2D eigenvalue weighted by Crippen LogP contribution is -2.52. The molecule has 2 rings (SSSR count). The summed E-state index contributed by atoms with van der Waals surface area (Å²) in [4.78, 5) is 26.7. The van der Waals surface area contributed by atoms with Crippen LogP contribution in [0.2, 0.25) is 0 Å². The van der Waals surface area contributed by atoms with Gasteiger partial charge in [-0.1, -0.05) is 0 Å². The lowest BCUT2D eigenvalue weighted by molar-refractivity contribution is -0.132. The van der Waals surface area contributed by atoms with Crippen molar-refractivity contribution >= 4 is 57.8 Å². The monoisotopic (exact) mass is 402 g/mol. The summed E-state index contributed by atoms with van der Waals surface area (Å²) in [6.07, 6.45) is 1.39. The van der Waals surface area contributed by atoms with Crippen LogP contribution in [-0.4, -0.2) is 45.9 Å². The molecular formula is C13H11IN2O3S. The first-order valence-electron chi connectivity index (χ1n) is 5.63. The van der Waals surface area contributed by atoms with Crippen LogP contribution in [0.4, 0.5) is 0 Å². The first-order chi connectivity index (χ1) is 9.32. The Kier molecular flexibility index (Phi) is 4.09. The van der Waals surface area contributed by atoms with Gasteiger partial charge < -0.3 is 5.11 Å². The van der Waals surface area contributed by atoms with Crippen molar-refractivity contribution in [3.8, 4) is 5.75 Å². The Hall–Kier alpha value is -1.48. The van der Waals surface area contributed by atoms with E-state index in [1.807, 2.05) is 0 Å². The molecule has 0 radical (unpaired) electrons. The van der Waals surface area contributed by atoms with Crippen molar-refractivity contribution in [2.45, 2.75) is 0 Å². The molecule has 1 aliphatic heterocycles. The zero-order valence-electron chi connectivity index (χ0n) is 10.8. The Labute approximate surface area is 135 Å². The van der Waals surface area contributed by atoms with E-state index < -0.39 is 11.8 Å². The summed E-state index contributed by atoms with van der Waals surface area (Å²) in [5.41, 5.74) is 0.393. The molecule has 1 saturated heterocycles. The highest BCUT2D eigenvalue weighted by atomic mass is 127. The summed E-state index contributed by atoms with van der Waals surface area (Å²) in [6, 6.07) is 4.94. The number of carbonyl (C=O) groups is 2. The van der Waals surface area contributed by atoms with Gasteiger partial charge in [0.25, 0.3) is 11.8 Å². The van der Waals surface area contributed by atoms with Crippen LogP contribution in [0.1, 0.15) is 5.56 Å². The van der Waals surface area contributed by atoms with Gasteiger partial charge in [0, 0.05) is 23.2 Å². The molecule has 104 valence electrons. The Morgan fingerprint density at radius 3 is 2.30 bits per heavy atom. The van der Waals surface area contributed by atoms with E-state index in [2.05, 4.69) is 22.6 Å². The molecule has 0 spiro atoms. The van der Waals surface area contributed by atoms with Crippen molar-refractivity contribution in [2.24, 2.45) is 0 Å². The van der Waals surface area contributed by atoms with E-state index in [9.17, 15) is 14.7 Å². The van der Waals surface area contributed by atoms with Crippen LogP contribution < -0.4 is 0 Å². The van der Waals surface area contributed by atoms with Crippen molar-refractivity contribution < 1.29 is 14.7 Å². The lowest BCUT2D eigenvalue weighted by Gasteiger charge is -2.31. The van der Waals surface area contributed by atoms with Crippen LogP contribution in [0.15, 0.2) is 23.8 Å². The summed E-state index contributed by atoms with van der Waals surface area (Å²) in [7, 11) is 3.02. The maximum atomic E-state index is 12.1. The average molecular weight is 402 g/mol. The number of hydrogen-bond donors (Lipinski definition) is 1. The van der Waals surface area contributed by atoms with Gasteiger partial charge in [0.15, 0.2) is 5.11 Å². The molecule has 0 atom stereocenters. The molecular weight excluding hydrogens is 391 g/mol. The standard InChI is InChI=1S/C13H11IN2O3S/c1-15-11(18)9(12(19)16(2)13(15)20)6-7-5-8(14)3-4-10(7)17/h3-6,17H,1-2H3. The molecule has 7 heteroatoms. The fourth-order valence-corrected chi connectivity index (χ4v) is 2.45. The van der Waals surface area contributed by atoms with Crippen molar-refractivity contribution in [3.63, 3.8) is 0 Å². The van der Waals surface area contributed by atoms with Crippen LogP contribution in [0, 0.1) is 3.57 Å². The fraction of sp³-hybridized carbons (Fsp3) is 0.154. The van der Waals surface area contributed by atoms with Crippen molar-refractivity contribution in [2.75, 3.05) is 14.1 Å². The van der Waals surface area contributed by atoms with Gasteiger partial charge in [-0.2, -0.15) is 0 Å². The number of phenols is 1. The Morgan fingerprint density at radius 2 is 1.75 bits per heavy atom. The number of benzene rings is 1. The van der Waals surface area contributed by atoms with Gasteiger partial charge in [0.05, 0.1) is 0 Å². The zero-order chi connectivity index (χ0) is 15.0. The molecule has 0 aliphatic carbocycles. The van der Waals surface area contributed by atoms with Crippen LogP contribution in [0.5, 0.6) is 5.75 Å². The predicted octanol–water partition coefficient (Wildman–Crippen LogP) is 1.60. The smallest absolute Gasteiger partial charge is 0.265 e. The third-order valence-corrected chi connectivity index (χ3v) is 4.15. The predicted molar refractivity (Wildman–Crippen MR) is 86.9 cm³/mol. The van der Waals surface area contributed by atoms with Gasteiger partial charge in [-0.05, 0) is 59.1 Å². The number of aromatic hydroxyl groups is 1. The number of thiocarbonyl (C=S) groups is 1. The molecule has 0 bridgehead atoms. The zero-order valence-corrected chi connectivity index (χ0v) is 13.7. The molecule has 0 aromatic heterocycles. The van der Waals surface area contributed by atoms with Gasteiger partial charge in [-0.25, -0.2) is 0 Å². The first-order valence-corrected chi connectivity index (χ1v) is 7.12. The van der Waals surface area contributed by atoms with E-state index >= 15 is 0 Å². The average Bonchev–Trinajstić information content (AvgIpc) is 2.43. The second-order valence-electron chi connectivity index (χ2n) is 4.27. The van der Waals surface area contributed by atoms with E-state index in [1.54, 1.807) is 12.1 Å². The van der Waals surface area contributed by atoms with Crippen LogP contribution in [-0.2, 0) is 9.59 Å². The number of nitrogens with zero attached hydrogens (tertiary/aromatic N) is 2. The number of amides is 2. The fourth-order valence-electron chi connectivity index (χ4n) is 1.77. The SMILES string of the molecule is CN1C(=O)C(=Cc2cc(I)ccc2O)C(=O)N(C)C1=S.